The van der Waals surface area contributed by atoms with Gasteiger partial charge < -0.3 is 10.2 Å². The minimum atomic E-state index is 0.862. The van der Waals surface area contributed by atoms with Gasteiger partial charge in [0.15, 0.2) is 0 Å². The Morgan fingerprint density at radius 2 is 2.21 bits per heavy atom. The standard InChI is InChI=1S/C11H19N3/c1-10-5-4-6-13-11(10)9-12-7-8-14(2)3/h4-6,12H,7-9H2,1-3H3. The van der Waals surface area contributed by atoms with Crippen LogP contribution in [0.4, 0.5) is 0 Å². The van der Waals surface area contributed by atoms with Crippen LogP contribution in [0, 0.1) is 6.92 Å². The molecule has 0 bridgehead atoms. The summed E-state index contributed by atoms with van der Waals surface area (Å²) in [5.74, 6) is 0. The molecule has 0 aromatic carbocycles. The normalized spacial score (nSPS) is 10.9. The summed E-state index contributed by atoms with van der Waals surface area (Å²) < 4.78 is 0. The Balaban J connectivity index is 2.28. The van der Waals surface area contributed by atoms with Crippen molar-refractivity contribution in [3.63, 3.8) is 0 Å². The highest BCUT2D eigenvalue weighted by Gasteiger charge is 1.97. The number of rotatable bonds is 5. The third-order valence-electron chi connectivity index (χ3n) is 2.15. The van der Waals surface area contributed by atoms with Gasteiger partial charge in [-0.15, -0.1) is 0 Å². The smallest absolute Gasteiger partial charge is 0.0570 e. The molecule has 0 aliphatic rings. The zero-order valence-corrected chi connectivity index (χ0v) is 9.25. The molecule has 0 atom stereocenters. The second kappa shape index (κ2) is 5.73. The molecule has 0 saturated heterocycles. The highest BCUT2D eigenvalue weighted by Crippen LogP contribution is 2.01. The molecule has 0 fully saturated rings. The van der Waals surface area contributed by atoms with E-state index >= 15 is 0 Å². The van der Waals surface area contributed by atoms with E-state index in [-0.39, 0.29) is 0 Å². The first-order chi connectivity index (χ1) is 6.70. The second-order valence-electron chi connectivity index (χ2n) is 3.75. The van der Waals surface area contributed by atoms with E-state index in [1.807, 2.05) is 12.3 Å². The van der Waals surface area contributed by atoms with Crippen LogP contribution in [0.2, 0.25) is 0 Å². The van der Waals surface area contributed by atoms with Crippen molar-refractivity contribution in [2.45, 2.75) is 13.5 Å². The molecule has 0 amide bonds. The van der Waals surface area contributed by atoms with Crippen molar-refractivity contribution < 1.29 is 0 Å². The van der Waals surface area contributed by atoms with E-state index in [4.69, 9.17) is 0 Å². The molecule has 1 aromatic heterocycles. The van der Waals surface area contributed by atoms with Crippen LogP contribution in [-0.2, 0) is 6.54 Å². The van der Waals surface area contributed by atoms with Gasteiger partial charge in [0.25, 0.3) is 0 Å². The van der Waals surface area contributed by atoms with E-state index in [2.05, 4.69) is 42.3 Å². The van der Waals surface area contributed by atoms with Crippen molar-refractivity contribution in [2.24, 2.45) is 0 Å². The highest BCUT2D eigenvalue weighted by molar-refractivity contribution is 5.17. The molecule has 1 aromatic rings. The molecule has 3 heteroatoms. The lowest BCUT2D eigenvalue weighted by atomic mass is 10.2. The van der Waals surface area contributed by atoms with E-state index in [1.54, 1.807) is 0 Å². The highest BCUT2D eigenvalue weighted by atomic mass is 15.1. The number of likely N-dealkylation sites (N-methyl/N-ethyl adjacent to an activating group) is 1. The third-order valence-corrected chi connectivity index (χ3v) is 2.15. The van der Waals surface area contributed by atoms with Gasteiger partial charge in [0.05, 0.1) is 5.69 Å². The van der Waals surface area contributed by atoms with Crippen LogP contribution >= 0.6 is 0 Å². The Morgan fingerprint density at radius 3 is 2.86 bits per heavy atom. The Bertz CT molecular complexity index is 271. The summed E-state index contributed by atoms with van der Waals surface area (Å²) in [5.41, 5.74) is 2.40. The molecular weight excluding hydrogens is 174 g/mol. The maximum atomic E-state index is 4.32. The number of nitrogens with one attached hydrogen (secondary N) is 1. The Hall–Kier alpha value is -0.930. The first-order valence-electron chi connectivity index (χ1n) is 4.96. The number of aromatic nitrogens is 1. The Kier molecular flexibility index (Phi) is 4.56. The van der Waals surface area contributed by atoms with Gasteiger partial charge in [0.1, 0.15) is 0 Å². The molecule has 0 spiro atoms. The molecule has 14 heavy (non-hydrogen) atoms. The molecule has 1 rings (SSSR count). The van der Waals surface area contributed by atoms with Crippen LogP contribution in [0.1, 0.15) is 11.3 Å². The molecular formula is C11H19N3. The van der Waals surface area contributed by atoms with Gasteiger partial charge >= 0.3 is 0 Å². The molecule has 0 radical (unpaired) electrons. The average Bonchev–Trinajstić information content (AvgIpc) is 2.15. The Labute approximate surface area is 86.2 Å². The van der Waals surface area contributed by atoms with Crippen molar-refractivity contribution in [2.75, 3.05) is 27.2 Å². The lowest BCUT2D eigenvalue weighted by Crippen LogP contribution is -2.26. The van der Waals surface area contributed by atoms with Crippen LogP contribution in [0.25, 0.3) is 0 Å². The minimum Gasteiger partial charge on any atom is -0.310 e. The van der Waals surface area contributed by atoms with Crippen LogP contribution in [0.15, 0.2) is 18.3 Å². The third kappa shape index (κ3) is 3.85. The fraction of sp³-hybridized carbons (Fsp3) is 0.545. The minimum absolute atomic E-state index is 0.862. The van der Waals surface area contributed by atoms with E-state index < -0.39 is 0 Å². The lowest BCUT2D eigenvalue weighted by molar-refractivity contribution is 0.399. The second-order valence-corrected chi connectivity index (χ2v) is 3.75. The van der Waals surface area contributed by atoms with E-state index in [1.165, 1.54) is 5.56 Å². The number of hydrogen-bond acceptors (Lipinski definition) is 3. The van der Waals surface area contributed by atoms with Crippen molar-refractivity contribution in [3.8, 4) is 0 Å². The van der Waals surface area contributed by atoms with Crippen molar-refractivity contribution in [3.05, 3.63) is 29.6 Å². The molecule has 0 aliphatic heterocycles. The van der Waals surface area contributed by atoms with Crippen molar-refractivity contribution in [1.82, 2.24) is 15.2 Å². The summed E-state index contributed by atoms with van der Waals surface area (Å²) in [5, 5.41) is 3.37. The SMILES string of the molecule is Cc1cccnc1CNCCN(C)C. The number of pyridine rings is 1. The van der Waals surface area contributed by atoms with Gasteiger partial charge in [0.2, 0.25) is 0 Å². The fourth-order valence-corrected chi connectivity index (χ4v) is 1.21. The van der Waals surface area contributed by atoms with Gasteiger partial charge in [-0.2, -0.15) is 0 Å². The topological polar surface area (TPSA) is 28.2 Å². The first kappa shape index (κ1) is 11.1. The zero-order valence-electron chi connectivity index (χ0n) is 9.25. The molecule has 3 nitrogen and oxygen atoms in total. The summed E-state index contributed by atoms with van der Waals surface area (Å²) in [4.78, 5) is 6.48. The van der Waals surface area contributed by atoms with Gasteiger partial charge in [-0.25, -0.2) is 0 Å². The number of nitrogens with zero attached hydrogens (tertiary/aromatic N) is 2. The predicted octanol–water partition coefficient (Wildman–Crippen LogP) is 1.04. The number of aryl methyl sites for hydroxylation is 1. The van der Waals surface area contributed by atoms with Crippen LogP contribution in [-0.4, -0.2) is 37.1 Å². The average molecular weight is 193 g/mol. The quantitative estimate of drug-likeness (QED) is 0.708. The maximum absolute atomic E-state index is 4.32. The summed E-state index contributed by atoms with van der Waals surface area (Å²) in [6.45, 7) is 5.02. The summed E-state index contributed by atoms with van der Waals surface area (Å²) in [6.07, 6.45) is 1.84. The van der Waals surface area contributed by atoms with E-state index in [9.17, 15) is 0 Å². The lowest BCUT2D eigenvalue weighted by Gasteiger charge is -2.10. The molecule has 78 valence electrons. The molecule has 0 aliphatic carbocycles. The van der Waals surface area contributed by atoms with Gasteiger partial charge in [0, 0.05) is 25.8 Å². The number of hydrogen-bond donors (Lipinski definition) is 1. The van der Waals surface area contributed by atoms with Gasteiger partial charge in [-0.05, 0) is 32.6 Å². The fourth-order valence-electron chi connectivity index (χ4n) is 1.21. The van der Waals surface area contributed by atoms with Crippen LogP contribution in [0.3, 0.4) is 0 Å². The molecule has 0 saturated carbocycles. The van der Waals surface area contributed by atoms with Crippen LogP contribution in [0.5, 0.6) is 0 Å². The van der Waals surface area contributed by atoms with Crippen molar-refractivity contribution >= 4 is 0 Å². The summed E-state index contributed by atoms with van der Waals surface area (Å²) >= 11 is 0. The van der Waals surface area contributed by atoms with Crippen molar-refractivity contribution in [1.29, 1.82) is 0 Å². The summed E-state index contributed by atoms with van der Waals surface area (Å²) in [6, 6.07) is 4.06. The molecule has 1 heterocycles. The van der Waals surface area contributed by atoms with Gasteiger partial charge in [-0.1, -0.05) is 6.07 Å². The monoisotopic (exact) mass is 193 g/mol. The molecule has 0 unspecified atom stereocenters. The molecule has 1 N–H and O–H groups in total. The summed E-state index contributed by atoms with van der Waals surface area (Å²) in [7, 11) is 4.15. The zero-order chi connectivity index (χ0) is 10.4. The maximum Gasteiger partial charge on any atom is 0.0570 e. The van der Waals surface area contributed by atoms with E-state index in [0.29, 0.717) is 0 Å². The first-order valence-corrected chi connectivity index (χ1v) is 4.96. The van der Waals surface area contributed by atoms with Crippen LogP contribution < -0.4 is 5.32 Å². The van der Waals surface area contributed by atoms with Gasteiger partial charge in [-0.3, -0.25) is 4.98 Å². The van der Waals surface area contributed by atoms with E-state index in [0.717, 1.165) is 25.3 Å². The predicted molar refractivity (Wildman–Crippen MR) is 59.2 cm³/mol. The largest absolute Gasteiger partial charge is 0.310 e. The Morgan fingerprint density at radius 1 is 1.43 bits per heavy atom.